The van der Waals surface area contributed by atoms with Crippen LogP contribution in [0.2, 0.25) is 0 Å². The van der Waals surface area contributed by atoms with Crippen molar-refractivity contribution in [3.05, 3.63) is 6.42 Å². The molecule has 0 unspecified atom stereocenters. The van der Waals surface area contributed by atoms with Crippen LogP contribution in [0, 0.1) is 6.42 Å². The molecule has 0 radical (unpaired) electrons. The van der Waals surface area contributed by atoms with Crippen molar-refractivity contribution in [2.45, 2.75) is 25.7 Å². The first-order valence-corrected chi connectivity index (χ1v) is 2.32. The third-order valence-electron chi connectivity index (χ3n) is 1.07. The fraction of sp³-hybridized carbons (Fsp3) is 0.800. The Balaban J connectivity index is 0. The Kier molecular flexibility index (Phi) is 10.7. The summed E-state index contributed by atoms with van der Waals surface area (Å²) in [7, 11) is 0. The normalized spacial score (nSPS) is 17.1. The Morgan fingerprint density at radius 1 is 1.00 bits per heavy atom. The van der Waals surface area contributed by atoms with Crippen molar-refractivity contribution in [1.29, 1.82) is 0 Å². The van der Waals surface area contributed by atoms with Gasteiger partial charge in [-0.3, -0.25) is 0 Å². The van der Waals surface area contributed by atoms with E-state index >= 15 is 0 Å². The number of hydrogen-bond acceptors (Lipinski definition) is 0. The number of halogens is 1. The van der Waals surface area contributed by atoms with Crippen LogP contribution < -0.4 is 0 Å². The zero-order chi connectivity index (χ0) is 3.54. The van der Waals surface area contributed by atoms with Crippen molar-refractivity contribution in [3.8, 4) is 0 Å². The summed E-state index contributed by atoms with van der Waals surface area (Å²) < 4.78 is 0. The van der Waals surface area contributed by atoms with Crippen LogP contribution in [-0.2, 0) is 19.5 Å². The molecule has 40 valence electrons. The predicted molar refractivity (Wildman–Crippen MR) is 30.0 cm³/mol. The third kappa shape index (κ3) is 4.77. The van der Waals surface area contributed by atoms with Gasteiger partial charge in [-0.2, -0.15) is 12.8 Å². The zero-order valence-corrected chi connectivity index (χ0v) is 8.30. The maximum atomic E-state index is 2.36. The molecular weight excluding hydrogens is 161 g/mol. The summed E-state index contributed by atoms with van der Waals surface area (Å²) in [5, 5.41) is 0. The fourth-order valence-corrected chi connectivity index (χ4v) is 0.722. The molecule has 1 aliphatic rings. The molecule has 1 fully saturated rings. The van der Waals surface area contributed by atoms with Crippen LogP contribution >= 0.6 is 12.4 Å². The maximum absolute atomic E-state index is 2.36. The first kappa shape index (κ1) is 10.8. The van der Waals surface area contributed by atoms with E-state index in [1.807, 2.05) is 0 Å². The van der Waals surface area contributed by atoms with Gasteiger partial charge in [0.1, 0.15) is 0 Å². The Hall–Kier alpha value is 0.913. The van der Waals surface area contributed by atoms with Crippen molar-refractivity contribution >= 4 is 12.4 Å². The monoisotopic (exact) mass is 169 g/mol. The molecule has 1 aliphatic carbocycles. The molecule has 0 saturated heterocycles. The molecule has 0 amide bonds. The first-order chi connectivity index (χ1) is 2.50. The molecular formula is C5H10ClZn-. The van der Waals surface area contributed by atoms with Crippen molar-refractivity contribution in [3.63, 3.8) is 0 Å². The van der Waals surface area contributed by atoms with Crippen LogP contribution in [0.4, 0.5) is 0 Å². The Morgan fingerprint density at radius 3 is 1.57 bits per heavy atom. The fourth-order valence-electron chi connectivity index (χ4n) is 0.722. The summed E-state index contributed by atoms with van der Waals surface area (Å²) in [6.07, 6.45) is 8.00. The summed E-state index contributed by atoms with van der Waals surface area (Å²) in [5.74, 6) is 0. The van der Waals surface area contributed by atoms with Gasteiger partial charge in [0.15, 0.2) is 0 Å². The zero-order valence-electron chi connectivity index (χ0n) is 4.52. The van der Waals surface area contributed by atoms with Crippen LogP contribution in [0.25, 0.3) is 0 Å². The van der Waals surface area contributed by atoms with Crippen LogP contribution in [0.15, 0.2) is 0 Å². The SMILES string of the molecule is Cl.[CH-]1CCCC1.[Zn]. The van der Waals surface area contributed by atoms with E-state index in [4.69, 9.17) is 0 Å². The molecule has 0 spiro atoms. The van der Waals surface area contributed by atoms with Crippen molar-refractivity contribution in [1.82, 2.24) is 0 Å². The van der Waals surface area contributed by atoms with Gasteiger partial charge in [-0.1, -0.05) is 12.8 Å². The van der Waals surface area contributed by atoms with Crippen molar-refractivity contribution in [2.75, 3.05) is 0 Å². The Bertz CT molecular complexity index is 19.7. The Morgan fingerprint density at radius 2 is 1.43 bits per heavy atom. The maximum Gasteiger partial charge on any atom is 0 e. The van der Waals surface area contributed by atoms with Crippen LogP contribution in [-0.4, -0.2) is 0 Å². The summed E-state index contributed by atoms with van der Waals surface area (Å²) in [5.41, 5.74) is 0. The van der Waals surface area contributed by atoms with Crippen LogP contribution in [0.3, 0.4) is 0 Å². The van der Waals surface area contributed by atoms with Crippen molar-refractivity contribution < 1.29 is 19.5 Å². The third-order valence-corrected chi connectivity index (χ3v) is 1.07. The topological polar surface area (TPSA) is 0 Å². The summed E-state index contributed by atoms with van der Waals surface area (Å²) >= 11 is 0. The van der Waals surface area contributed by atoms with E-state index in [-0.39, 0.29) is 31.9 Å². The molecule has 0 N–H and O–H groups in total. The molecule has 7 heavy (non-hydrogen) atoms. The van der Waals surface area contributed by atoms with E-state index in [9.17, 15) is 0 Å². The van der Waals surface area contributed by atoms with Crippen LogP contribution in [0.5, 0.6) is 0 Å². The minimum Gasteiger partial charge on any atom is -0.328 e. The quantitative estimate of drug-likeness (QED) is 0.387. The average Bonchev–Trinajstić information content (AvgIpc) is 1.76. The second kappa shape index (κ2) is 6.91. The van der Waals surface area contributed by atoms with Gasteiger partial charge in [-0.25, -0.2) is 0 Å². The molecule has 1 rings (SSSR count). The van der Waals surface area contributed by atoms with E-state index in [1.54, 1.807) is 0 Å². The molecule has 0 aliphatic heterocycles. The molecule has 0 atom stereocenters. The molecule has 0 aromatic rings. The van der Waals surface area contributed by atoms with Gasteiger partial charge < -0.3 is 6.42 Å². The molecule has 1 saturated carbocycles. The van der Waals surface area contributed by atoms with Gasteiger partial charge in [0.2, 0.25) is 0 Å². The van der Waals surface area contributed by atoms with Gasteiger partial charge in [0.05, 0.1) is 0 Å². The second-order valence-corrected chi connectivity index (χ2v) is 1.57. The molecule has 0 aromatic heterocycles. The summed E-state index contributed by atoms with van der Waals surface area (Å²) in [6.45, 7) is 0. The van der Waals surface area contributed by atoms with Gasteiger partial charge in [0, 0.05) is 19.5 Å². The van der Waals surface area contributed by atoms with E-state index in [1.165, 1.54) is 25.7 Å². The average molecular weight is 171 g/mol. The molecule has 2 heteroatoms. The van der Waals surface area contributed by atoms with Gasteiger partial charge in [0.25, 0.3) is 0 Å². The first-order valence-electron chi connectivity index (χ1n) is 2.32. The molecule has 0 nitrogen and oxygen atoms in total. The molecule has 0 bridgehead atoms. The smallest absolute Gasteiger partial charge is 0 e. The Labute approximate surface area is 64.2 Å². The van der Waals surface area contributed by atoms with E-state index in [0.717, 1.165) is 0 Å². The van der Waals surface area contributed by atoms with Gasteiger partial charge in [-0.05, 0) is 0 Å². The van der Waals surface area contributed by atoms with E-state index < -0.39 is 0 Å². The van der Waals surface area contributed by atoms with Crippen LogP contribution in [0.1, 0.15) is 25.7 Å². The predicted octanol–water partition coefficient (Wildman–Crippen LogP) is 2.18. The van der Waals surface area contributed by atoms with Crippen molar-refractivity contribution in [2.24, 2.45) is 0 Å². The number of hydrogen-bond donors (Lipinski definition) is 0. The van der Waals surface area contributed by atoms with Gasteiger partial charge in [-0.15, -0.1) is 12.4 Å². The summed E-state index contributed by atoms with van der Waals surface area (Å²) in [6, 6.07) is 0. The number of rotatable bonds is 0. The standard InChI is InChI=1S/C5H9.ClH.Zn/c1-2-4-5-3-1;;/h1H,2-5H2;1H;/q-1;;. The molecule has 0 heterocycles. The largest absolute Gasteiger partial charge is 0.328 e. The minimum atomic E-state index is 0. The van der Waals surface area contributed by atoms with E-state index in [2.05, 4.69) is 6.42 Å². The van der Waals surface area contributed by atoms with Gasteiger partial charge >= 0.3 is 0 Å². The molecule has 0 aromatic carbocycles. The second-order valence-electron chi connectivity index (χ2n) is 1.57. The summed E-state index contributed by atoms with van der Waals surface area (Å²) in [4.78, 5) is 0. The van der Waals surface area contributed by atoms with E-state index in [0.29, 0.717) is 0 Å². The minimum absolute atomic E-state index is 0.